The van der Waals surface area contributed by atoms with Gasteiger partial charge < -0.3 is 15.0 Å². The highest BCUT2D eigenvalue weighted by atomic mass is 32.1. The number of rotatable bonds is 5. The lowest BCUT2D eigenvalue weighted by atomic mass is 10.1. The highest BCUT2D eigenvalue weighted by Crippen LogP contribution is 2.12. The van der Waals surface area contributed by atoms with Gasteiger partial charge in [-0.3, -0.25) is 19.7 Å². The Morgan fingerprint density at radius 2 is 2.31 bits per heavy atom. The van der Waals surface area contributed by atoms with Crippen LogP contribution in [0.4, 0.5) is 0 Å². The van der Waals surface area contributed by atoms with Crippen molar-refractivity contribution in [2.24, 2.45) is 0 Å². The Morgan fingerprint density at radius 1 is 1.54 bits per heavy atom. The van der Waals surface area contributed by atoms with Crippen molar-refractivity contribution in [1.82, 2.24) is 15.5 Å². The molecule has 1 aromatic heterocycles. The van der Waals surface area contributed by atoms with Crippen LogP contribution in [0.15, 0.2) is 23.6 Å². The van der Waals surface area contributed by atoms with Gasteiger partial charge in [-0.25, -0.2) is 0 Å². The molecular weight excluding hydrogens is 374 g/mol. The Kier molecular flexibility index (Phi) is 7.28. The molecule has 1 atom stereocenters. The summed E-state index contributed by atoms with van der Waals surface area (Å²) in [5, 5.41) is 7.31. The molecule has 2 rings (SSSR count). The molecular formula is C17H21N3O4S2. The maximum absolute atomic E-state index is 12.2. The van der Waals surface area contributed by atoms with Crippen LogP contribution < -0.4 is 10.6 Å². The number of hydrogen-bond donors (Lipinski definition) is 2. The molecule has 0 aromatic carbocycles. The van der Waals surface area contributed by atoms with Crippen LogP contribution in [-0.2, 0) is 19.1 Å². The number of thiophene rings is 1. The van der Waals surface area contributed by atoms with Crippen LogP contribution in [0.3, 0.4) is 0 Å². The standard InChI is InChI=1S/C17H21N3O4S2/c1-11(2)24-15(22)10-13-16(23)18-7-8-20(13)17(25)19-14(21)6-5-12-4-3-9-26-12/h3-6,9,11,13H,7-8,10H2,1-2H3,(H,18,23)(H,19,21,25)/b6-5+/t13-/m1/s1. The molecule has 1 aliphatic heterocycles. The summed E-state index contributed by atoms with van der Waals surface area (Å²) >= 11 is 6.78. The first-order chi connectivity index (χ1) is 12.4. The van der Waals surface area contributed by atoms with Gasteiger partial charge in [0.1, 0.15) is 6.04 Å². The molecule has 1 aromatic rings. The Hall–Kier alpha value is -2.26. The lowest BCUT2D eigenvalue weighted by molar-refractivity contribution is -0.150. The van der Waals surface area contributed by atoms with Crippen molar-refractivity contribution in [2.45, 2.75) is 32.4 Å². The number of carbonyl (C=O) groups is 3. The van der Waals surface area contributed by atoms with Gasteiger partial charge in [-0.1, -0.05) is 6.07 Å². The van der Waals surface area contributed by atoms with E-state index in [4.69, 9.17) is 17.0 Å². The Bertz CT molecular complexity index is 701. The summed E-state index contributed by atoms with van der Waals surface area (Å²) in [7, 11) is 0. The molecule has 1 aliphatic rings. The number of nitrogens with one attached hydrogen (secondary N) is 2. The molecule has 0 bridgehead atoms. The van der Waals surface area contributed by atoms with E-state index in [2.05, 4.69) is 10.6 Å². The van der Waals surface area contributed by atoms with E-state index < -0.39 is 17.9 Å². The van der Waals surface area contributed by atoms with Crippen molar-refractivity contribution in [3.05, 3.63) is 28.5 Å². The molecule has 9 heteroatoms. The molecule has 0 aliphatic carbocycles. The van der Waals surface area contributed by atoms with Crippen LogP contribution in [0.1, 0.15) is 25.1 Å². The number of esters is 1. The van der Waals surface area contributed by atoms with Gasteiger partial charge in [0.25, 0.3) is 0 Å². The first kappa shape index (κ1) is 20.1. The SMILES string of the molecule is CC(C)OC(=O)C[C@@H]1C(=O)NCCN1C(=S)NC(=O)/C=C/c1cccs1. The lowest BCUT2D eigenvalue weighted by Crippen LogP contribution is -2.60. The molecule has 140 valence electrons. The largest absolute Gasteiger partial charge is 0.463 e. The van der Waals surface area contributed by atoms with Crippen molar-refractivity contribution in [3.8, 4) is 0 Å². The van der Waals surface area contributed by atoms with E-state index in [0.29, 0.717) is 13.1 Å². The predicted molar refractivity (Wildman–Crippen MR) is 103 cm³/mol. The minimum absolute atomic E-state index is 0.114. The number of amides is 2. The zero-order valence-corrected chi connectivity index (χ0v) is 16.2. The molecule has 7 nitrogen and oxygen atoms in total. The average molecular weight is 396 g/mol. The highest BCUT2D eigenvalue weighted by Gasteiger charge is 2.34. The fourth-order valence-electron chi connectivity index (χ4n) is 2.39. The summed E-state index contributed by atoms with van der Waals surface area (Å²) in [6.45, 7) is 4.26. The van der Waals surface area contributed by atoms with Gasteiger partial charge >= 0.3 is 5.97 Å². The third kappa shape index (κ3) is 5.92. The van der Waals surface area contributed by atoms with E-state index in [0.717, 1.165) is 4.88 Å². The van der Waals surface area contributed by atoms with Crippen LogP contribution in [-0.4, -0.2) is 53.0 Å². The zero-order chi connectivity index (χ0) is 19.1. The predicted octanol–water partition coefficient (Wildman–Crippen LogP) is 1.30. The molecule has 0 spiro atoms. The molecule has 2 amide bonds. The topological polar surface area (TPSA) is 87.7 Å². The van der Waals surface area contributed by atoms with Gasteiger partial charge in [-0.2, -0.15) is 0 Å². The fraction of sp³-hybridized carbons (Fsp3) is 0.412. The van der Waals surface area contributed by atoms with Gasteiger partial charge in [0.05, 0.1) is 12.5 Å². The summed E-state index contributed by atoms with van der Waals surface area (Å²) in [6, 6.07) is 2.97. The number of ether oxygens (including phenoxy) is 1. The van der Waals surface area contributed by atoms with Crippen molar-refractivity contribution < 1.29 is 19.1 Å². The second-order valence-electron chi connectivity index (χ2n) is 5.89. The highest BCUT2D eigenvalue weighted by molar-refractivity contribution is 7.80. The summed E-state index contributed by atoms with van der Waals surface area (Å²) in [4.78, 5) is 38.6. The third-order valence-electron chi connectivity index (χ3n) is 3.49. The first-order valence-corrected chi connectivity index (χ1v) is 9.46. The molecule has 26 heavy (non-hydrogen) atoms. The second kappa shape index (κ2) is 9.44. The smallest absolute Gasteiger partial charge is 0.308 e. The van der Waals surface area contributed by atoms with Crippen molar-refractivity contribution in [3.63, 3.8) is 0 Å². The van der Waals surface area contributed by atoms with Gasteiger partial charge in [-0.15, -0.1) is 11.3 Å². The van der Waals surface area contributed by atoms with E-state index in [1.165, 1.54) is 17.4 Å². The summed E-state index contributed by atoms with van der Waals surface area (Å²) in [5.41, 5.74) is 0. The third-order valence-corrected chi connectivity index (χ3v) is 4.67. The van der Waals surface area contributed by atoms with Gasteiger partial charge in [0.2, 0.25) is 11.8 Å². The molecule has 2 N–H and O–H groups in total. The van der Waals surface area contributed by atoms with E-state index in [9.17, 15) is 14.4 Å². The van der Waals surface area contributed by atoms with Gasteiger partial charge in [0, 0.05) is 24.0 Å². The van der Waals surface area contributed by atoms with Crippen LogP contribution in [0, 0.1) is 0 Å². The second-order valence-corrected chi connectivity index (χ2v) is 7.25. The lowest BCUT2D eigenvalue weighted by Gasteiger charge is -2.36. The van der Waals surface area contributed by atoms with Crippen LogP contribution in [0.5, 0.6) is 0 Å². The van der Waals surface area contributed by atoms with Crippen LogP contribution >= 0.6 is 23.6 Å². The Morgan fingerprint density at radius 3 is 2.96 bits per heavy atom. The fourth-order valence-corrected chi connectivity index (χ4v) is 3.33. The number of piperazine rings is 1. The van der Waals surface area contributed by atoms with E-state index in [1.807, 2.05) is 17.5 Å². The number of hydrogen-bond acceptors (Lipinski definition) is 6. The Labute approximate surface area is 161 Å². The molecule has 0 unspecified atom stereocenters. The quantitative estimate of drug-likeness (QED) is 0.444. The van der Waals surface area contributed by atoms with Crippen LogP contribution in [0.2, 0.25) is 0 Å². The number of carbonyl (C=O) groups excluding carboxylic acids is 3. The molecule has 0 radical (unpaired) electrons. The first-order valence-electron chi connectivity index (χ1n) is 8.17. The van der Waals surface area contributed by atoms with E-state index >= 15 is 0 Å². The van der Waals surface area contributed by atoms with Crippen molar-refractivity contribution >= 4 is 52.5 Å². The monoisotopic (exact) mass is 395 g/mol. The molecule has 2 heterocycles. The summed E-state index contributed by atoms with van der Waals surface area (Å²) in [6.07, 6.45) is 2.66. The van der Waals surface area contributed by atoms with E-state index in [1.54, 1.807) is 24.8 Å². The molecule has 1 saturated heterocycles. The molecule has 1 fully saturated rings. The minimum atomic E-state index is -0.802. The van der Waals surface area contributed by atoms with Crippen molar-refractivity contribution in [2.75, 3.05) is 13.1 Å². The van der Waals surface area contributed by atoms with Gasteiger partial charge in [-0.05, 0) is 43.6 Å². The minimum Gasteiger partial charge on any atom is -0.463 e. The van der Waals surface area contributed by atoms with Crippen LogP contribution in [0.25, 0.3) is 6.08 Å². The normalized spacial score (nSPS) is 17.3. The molecule has 0 saturated carbocycles. The maximum Gasteiger partial charge on any atom is 0.308 e. The summed E-state index contributed by atoms with van der Waals surface area (Å²) < 4.78 is 5.10. The average Bonchev–Trinajstić information content (AvgIpc) is 3.07. The van der Waals surface area contributed by atoms with E-state index in [-0.39, 0.29) is 23.5 Å². The number of thiocarbonyl (C=S) groups is 1. The Balaban J connectivity index is 1.98. The summed E-state index contributed by atoms with van der Waals surface area (Å²) in [5.74, 6) is -1.20. The number of nitrogens with zero attached hydrogens (tertiary/aromatic N) is 1. The van der Waals surface area contributed by atoms with Gasteiger partial charge in [0.15, 0.2) is 5.11 Å². The maximum atomic E-state index is 12.2. The zero-order valence-electron chi connectivity index (χ0n) is 14.6. The van der Waals surface area contributed by atoms with Crippen molar-refractivity contribution in [1.29, 1.82) is 0 Å².